The molecule has 2 aromatic heterocycles. The predicted octanol–water partition coefficient (Wildman–Crippen LogP) is 2.50. The number of aryl methyl sites for hydroxylation is 1. The summed E-state index contributed by atoms with van der Waals surface area (Å²) in [6.45, 7) is 1.77. The van der Waals surface area contributed by atoms with Crippen LogP contribution in [0, 0.1) is 0 Å². The number of rotatable bonds is 5. The molecule has 2 aromatic rings. The quantitative estimate of drug-likeness (QED) is 0.890. The molecule has 0 aromatic carbocycles. The molecule has 0 fully saturated rings. The van der Waals surface area contributed by atoms with Crippen molar-refractivity contribution in [2.24, 2.45) is 7.05 Å². The minimum atomic E-state index is -4.34. The second-order valence-electron chi connectivity index (χ2n) is 5.05. The van der Waals surface area contributed by atoms with E-state index in [1.807, 2.05) is 0 Å². The van der Waals surface area contributed by atoms with E-state index in [0.29, 0.717) is 16.9 Å². The molecule has 2 rings (SSSR count). The van der Waals surface area contributed by atoms with E-state index < -0.39 is 16.7 Å². The fourth-order valence-corrected chi connectivity index (χ4v) is 2.76. The smallest absolute Gasteiger partial charge is 0.384 e. The van der Waals surface area contributed by atoms with Crippen LogP contribution in [-0.4, -0.2) is 21.4 Å². The van der Waals surface area contributed by atoms with E-state index in [0.717, 1.165) is 0 Å². The molecule has 0 bridgehead atoms. The van der Waals surface area contributed by atoms with E-state index in [9.17, 15) is 18.3 Å². The van der Waals surface area contributed by atoms with Gasteiger partial charge in [-0.15, -0.1) is 11.3 Å². The van der Waals surface area contributed by atoms with Crippen molar-refractivity contribution in [3.05, 3.63) is 39.8 Å². The summed E-state index contributed by atoms with van der Waals surface area (Å²) >= 11 is 0.673. The minimum absolute atomic E-state index is 0.0504. The SMILES string of the molecule is Cn1cc(C(C)(O)CNCc2ccsc2C(F)(F)F)cn1. The van der Waals surface area contributed by atoms with Crippen LogP contribution in [0.4, 0.5) is 13.2 Å². The summed E-state index contributed by atoms with van der Waals surface area (Å²) in [4.78, 5) is -0.601. The maximum atomic E-state index is 12.7. The normalized spacial score (nSPS) is 15.1. The number of aromatic nitrogens is 2. The Morgan fingerprint density at radius 2 is 2.14 bits per heavy atom. The lowest BCUT2D eigenvalue weighted by Gasteiger charge is -2.22. The Kier molecular flexibility index (Phi) is 4.40. The lowest BCUT2D eigenvalue weighted by molar-refractivity contribution is -0.134. The first-order valence-electron chi connectivity index (χ1n) is 6.26. The molecule has 2 N–H and O–H groups in total. The Labute approximate surface area is 124 Å². The summed E-state index contributed by atoms with van der Waals surface area (Å²) in [7, 11) is 1.73. The van der Waals surface area contributed by atoms with Gasteiger partial charge in [-0.3, -0.25) is 4.68 Å². The maximum Gasteiger partial charge on any atom is 0.425 e. The zero-order chi connectivity index (χ0) is 15.7. The average molecular weight is 319 g/mol. The summed E-state index contributed by atoms with van der Waals surface area (Å²) in [5.74, 6) is 0. The highest BCUT2D eigenvalue weighted by Crippen LogP contribution is 2.35. The van der Waals surface area contributed by atoms with Gasteiger partial charge in [0.05, 0.1) is 6.20 Å². The zero-order valence-electron chi connectivity index (χ0n) is 11.6. The van der Waals surface area contributed by atoms with Gasteiger partial charge >= 0.3 is 6.18 Å². The Bertz CT molecular complexity index is 604. The van der Waals surface area contributed by atoms with Crippen LogP contribution in [0.5, 0.6) is 0 Å². The van der Waals surface area contributed by atoms with Crippen molar-refractivity contribution in [3.63, 3.8) is 0 Å². The Hall–Kier alpha value is -1.38. The molecule has 8 heteroatoms. The first kappa shape index (κ1) is 16.0. The van der Waals surface area contributed by atoms with Gasteiger partial charge in [0.25, 0.3) is 0 Å². The standard InChI is InChI=1S/C13H16F3N3OS/c1-12(20,10-6-18-19(2)7-10)8-17-5-9-3-4-21-11(9)13(14,15)16/h3-4,6-7,17,20H,5,8H2,1-2H3. The van der Waals surface area contributed by atoms with Gasteiger partial charge in [0.1, 0.15) is 10.5 Å². The second-order valence-corrected chi connectivity index (χ2v) is 5.97. The molecule has 0 aliphatic rings. The van der Waals surface area contributed by atoms with E-state index in [1.165, 1.54) is 17.6 Å². The highest BCUT2D eigenvalue weighted by atomic mass is 32.1. The number of nitrogens with one attached hydrogen (secondary N) is 1. The monoisotopic (exact) mass is 319 g/mol. The van der Waals surface area contributed by atoms with Gasteiger partial charge < -0.3 is 10.4 Å². The first-order chi connectivity index (χ1) is 9.70. The van der Waals surface area contributed by atoms with Gasteiger partial charge in [0, 0.05) is 31.9 Å². The number of alkyl halides is 3. The van der Waals surface area contributed by atoms with E-state index >= 15 is 0 Å². The van der Waals surface area contributed by atoms with Crippen LogP contribution in [0.15, 0.2) is 23.8 Å². The van der Waals surface area contributed by atoms with Crippen LogP contribution in [0.1, 0.15) is 22.9 Å². The predicted molar refractivity (Wildman–Crippen MR) is 73.8 cm³/mol. The molecule has 0 aliphatic heterocycles. The van der Waals surface area contributed by atoms with Crippen LogP contribution in [0.25, 0.3) is 0 Å². The molecule has 21 heavy (non-hydrogen) atoms. The third kappa shape index (κ3) is 3.84. The Balaban J connectivity index is 1.97. The third-order valence-corrected chi connectivity index (χ3v) is 4.12. The number of halogens is 3. The van der Waals surface area contributed by atoms with E-state index in [-0.39, 0.29) is 18.7 Å². The largest absolute Gasteiger partial charge is 0.425 e. The number of aliphatic hydroxyl groups is 1. The van der Waals surface area contributed by atoms with E-state index in [2.05, 4.69) is 10.4 Å². The zero-order valence-corrected chi connectivity index (χ0v) is 12.4. The number of thiophene rings is 1. The van der Waals surface area contributed by atoms with Crippen molar-refractivity contribution in [1.82, 2.24) is 15.1 Å². The first-order valence-corrected chi connectivity index (χ1v) is 7.14. The fourth-order valence-electron chi connectivity index (χ4n) is 1.97. The van der Waals surface area contributed by atoms with Crippen molar-refractivity contribution in [1.29, 1.82) is 0 Å². The van der Waals surface area contributed by atoms with Gasteiger partial charge in [-0.25, -0.2) is 0 Å². The summed E-state index contributed by atoms with van der Waals surface area (Å²) in [5, 5.41) is 18.6. The van der Waals surface area contributed by atoms with Gasteiger partial charge in [0.15, 0.2) is 0 Å². The molecule has 0 spiro atoms. The van der Waals surface area contributed by atoms with Gasteiger partial charge in [-0.2, -0.15) is 18.3 Å². The average Bonchev–Trinajstić information content (AvgIpc) is 2.97. The van der Waals surface area contributed by atoms with Crippen molar-refractivity contribution in [2.45, 2.75) is 25.2 Å². The highest BCUT2D eigenvalue weighted by molar-refractivity contribution is 7.10. The molecule has 0 saturated heterocycles. The van der Waals surface area contributed by atoms with Gasteiger partial charge in [-0.1, -0.05) is 0 Å². The second kappa shape index (κ2) is 5.78. The molecule has 1 atom stereocenters. The van der Waals surface area contributed by atoms with Crippen molar-refractivity contribution in [3.8, 4) is 0 Å². The number of hydrogen-bond donors (Lipinski definition) is 2. The Morgan fingerprint density at radius 1 is 1.43 bits per heavy atom. The fraction of sp³-hybridized carbons (Fsp3) is 0.462. The van der Waals surface area contributed by atoms with Crippen molar-refractivity contribution < 1.29 is 18.3 Å². The van der Waals surface area contributed by atoms with Crippen LogP contribution in [0.2, 0.25) is 0 Å². The summed E-state index contributed by atoms with van der Waals surface area (Å²) in [5.41, 5.74) is -0.392. The minimum Gasteiger partial charge on any atom is -0.384 e. The van der Waals surface area contributed by atoms with Gasteiger partial charge in [0.2, 0.25) is 0 Å². The van der Waals surface area contributed by atoms with Gasteiger partial charge in [-0.05, 0) is 23.9 Å². The number of hydrogen-bond acceptors (Lipinski definition) is 4. The lowest BCUT2D eigenvalue weighted by Crippen LogP contribution is -2.35. The molecule has 1 unspecified atom stereocenters. The maximum absolute atomic E-state index is 12.7. The molecule has 0 radical (unpaired) electrons. The summed E-state index contributed by atoms with van der Waals surface area (Å²) in [6, 6.07) is 1.44. The lowest BCUT2D eigenvalue weighted by atomic mass is 9.99. The van der Waals surface area contributed by atoms with Crippen LogP contribution in [0.3, 0.4) is 0 Å². The molecule has 116 valence electrons. The van der Waals surface area contributed by atoms with Crippen LogP contribution < -0.4 is 5.32 Å². The molecule has 0 saturated carbocycles. The summed E-state index contributed by atoms with van der Waals surface area (Å²) < 4.78 is 39.8. The van der Waals surface area contributed by atoms with Crippen molar-refractivity contribution in [2.75, 3.05) is 6.54 Å². The molecular formula is C13H16F3N3OS. The summed E-state index contributed by atoms with van der Waals surface area (Å²) in [6.07, 6.45) is -1.13. The van der Waals surface area contributed by atoms with E-state index in [4.69, 9.17) is 0 Å². The topological polar surface area (TPSA) is 50.1 Å². The molecule has 4 nitrogen and oxygen atoms in total. The Morgan fingerprint density at radius 3 is 2.71 bits per heavy atom. The molecular weight excluding hydrogens is 303 g/mol. The molecule has 0 aliphatic carbocycles. The molecule has 2 heterocycles. The third-order valence-electron chi connectivity index (χ3n) is 3.12. The molecule has 0 amide bonds. The van der Waals surface area contributed by atoms with Crippen LogP contribution in [-0.2, 0) is 25.4 Å². The number of nitrogens with zero attached hydrogens (tertiary/aromatic N) is 2. The van der Waals surface area contributed by atoms with Crippen LogP contribution >= 0.6 is 11.3 Å². The highest BCUT2D eigenvalue weighted by Gasteiger charge is 2.34. The van der Waals surface area contributed by atoms with Crippen molar-refractivity contribution >= 4 is 11.3 Å². The van der Waals surface area contributed by atoms with E-state index in [1.54, 1.807) is 24.9 Å².